The van der Waals surface area contributed by atoms with Crippen molar-refractivity contribution in [1.82, 2.24) is 5.32 Å². The number of carbonyl (C=O) groups excluding carboxylic acids is 1. The lowest BCUT2D eigenvalue weighted by Gasteiger charge is -2.09. The first-order valence-electron chi connectivity index (χ1n) is 6.25. The van der Waals surface area contributed by atoms with Crippen molar-refractivity contribution in [3.05, 3.63) is 22.4 Å². The molecule has 1 aliphatic rings. The Morgan fingerprint density at radius 3 is 3.24 bits per heavy atom. The first kappa shape index (κ1) is 12.6. The van der Waals surface area contributed by atoms with Crippen LogP contribution in [0.1, 0.15) is 30.6 Å². The molecule has 1 aliphatic heterocycles. The molecule has 1 N–H and O–H groups in total. The molecule has 3 nitrogen and oxygen atoms in total. The Kier molecular flexibility index (Phi) is 5.01. The van der Waals surface area contributed by atoms with Crippen LogP contribution in [0, 0.1) is 0 Å². The van der Waals surface area contributed by atoms with Gasteiger partial charge in [-0.05, 0) is 37.1 Å². The molecule has 1 saturated heterocycles. The fraction of sp³-hybridized carbons (Fsp3) is 0.615. The lowest BCUT2D eigenvalue weighted by molar-refractivity contribution is -0.121. The highest BCUT2D eigenvalue weighted by atomic mass is 32.1. The molecule has 0 spiro atoms. The van der Waals surface area contributed by atoms with Gasteiger partial charge in [0.1, 0.15) is 0 Å². The molecular weight excluding hydrogens is 234 g/mol. The van der Waals surface area contributed by atoms with E-state index in [9.17, 15) is 4.79 Å². The summed E-state index contributed by atoms with van der Waals surface area (Å²) >= 11 is 1.74. The third-order valence-corrected chi connectivity index (χ3v) is 3.93. The molecule has 0 aliphatic carbocycles. The lowest BCUT2D eigenvalue weighted by Crippen LogP contribution is -2.26. The maximum atomic E-state index is 11.6. The van der Waals surface area contributed by atoms with Crippen molar-refractivity contribution >= 4 is 17.2 Å². The minimum absolute atomic E-state index is 0.150. The Morgan fingerprint density at radius 2 is 2.53 bits per heavy atom. The van der Waals surface area contributed by atoms with E-state index in [2.05, 4.69) is 16.8 Å². The van der Waals surface area contributed by atoms with Gasteiger partial charge in [0.05, 0.1) is 6.10 Å². The van der Waals surface area contributed by atoms with Gasteiger partial charge in [-0.3, -0.25) is 4.79 Å². The van der Waals surface area contributed by atoms with Gasteiger partial charge in [0.2, 0.25) is 5.91 Å². The molecule has 0 bridgehead atoms. The van der Waals surface area contributed by atoms with E-state index >= 15 is 0 Å². The number of carbonyl (C=O) groups is 1. The molecule has 1 amide bonds. The highest BCUT2D eigenvalue weighted by Crippen LogP contribution is 2.16. The van der Waals surface area contributed by atoms with Crippen LogP contribution in [-0.4, -0.2) is 25.2 Å². The fourth-order valence-electron chi connectivity index (χ4n) is 2.03. The minimum Gasteiger partial charge on any atom is -0.378 e. The summed E-state index contributed by atoms with van der Waals surface area (Å²) in [5.41, 5.74) is 0. The quantitative estimate of drug-likeness (QED) is 0.845. The molecule has 1 fully saturated rings. The van der Waals surface area contributed by atoms with Crippen molar-refractivity contribution in [3.63, 3.8) is 0 Å². The van der Waals surface area contributed by atoms with Gasteiger partial charge in [-0.15, -0.1) is 11.3 Å². The number of amides is 1. The summed E-state index contributed by atoms with van der Waals surface area (Å²) in [6.45, 7) is 1.61. The van der Waals surface area contributed by atoms with Gasteiger partial charge < -0.3 is 10.1 Å². The molecule has 1 aromatic rings. The van der Waals surface area contributed by atoms with Crippen LogP contribution in [0.3, 0.4) is 0 Å². The van der Waals surface area contributed by atoms with Crippen LogP contribution in [0.4, 0.5) is 0 Å². The number of nitrogens with one attached hydrogen (secondary N) is 1. The van der Waals surface area contributed by atoms with E-state index in [0.29, 0.717) is 12.5 Å². The van der Waals surface area contributed by atoms with Gasteiger partial charge in [-0.25, -0.2) is 0 Å². The fourth-order valence-corrected chi connectivity index (χ4v) is 2.74. The summed E-state index contributed by atoms with van der Waals surface area (Å²) in [7, 11) is 0. The Morgan fingerprint density at radius 1 is 1.59 bits per heavy atom. The monoisotopic (exact) mass is 253 g/mol. The Labute approximate surface area is 106 Å². The minimum atomic E-state index is 0.150. The van der Waals surface area contributed by atoms with E-state index in [1.54, 1.807) is 11.3 Å². The zero-order valence-corrected chi connectivity index (χ0v) is 10.8. The normalized spacial score (nSPS) is 19.4. The summed E-state index contributed by atoms with van der Waals surface area (Å²) in [6.07, 6.45) is 4.97. The van der Waals surface area contributed by atoms with E-state index in [4.69, 9.17) is 4.74 Å². The Hall–Kier alpha value is -0.870. The van der Waals surface area contributed by atoms with E-state index < -0.39 is 0 Å². The predicted molar refractivity (Wildman–Crippen MR) is 69.2 cm³/mol. The molecule has 0 saturated carbocycles. The second-order valence-electron chi connectivity index (χ2n) is 4.35. The summed E-state index contributed by atoms with van der Waals surface area (Å²) in [4.78, 5) is 12.9. The number of thiophene rings is 1. The number of ether oxygens (including phenoxy) is 1. The maximum Gasteiger partial charge on any atom is 0.220 e. The summed E-state index contributed by atoms with van der Waals surface area (Å²) < 4.78 is 5.49. The smallest absolute Gasteiger partial charge is 0.220 e. The lowest BCUT2D eigenvalue weighted by atomic mass is 10.1. The second kappa shape index (κ2) is 6.77. The molecule has 2 heterocycles. The molecular formula is C13H19NO2S. The van der Waals surface area contributed by atoms with Crippen molar-refractivity contribution in [2.75, 3.05) is 13.2 Å². The third-order valence-electron chi connectivity index (χ3n) is 2.99. The zero-order chi connectivity index (χ0) is 11.9. The standard InChI is InChI=1S/C13H19NO2S/c15-13(6-5-11-3-1-9-16-11)14-8-7-12-4-2-10-17-12/h2,4,10-11H,1,3,5-9H2,(H,14,15)/t11-/m0/s1. The topological polar surface area (TPSA) is 38.3 Å². The predicted octanol–water partition coefficient (Wildman–Crippen LogP) is 2.37. The third kappa shape index (κ3) is 4.48. The molecule has 94 valence electrons. The molecule has 17 heavy (non-hydrogen) atoms. The van der Waals surface area contributed by atoms with Crippen molar-refractivity contribution < 1.29 is 9.53 Å². The van der Waals surface area contributed by atoms with Gasteiger partial charge in [0.25, 0.3) is 0 Å². The summed E-state index contributed by atoms with van der Waals surface area (Å²) in [6, 6.07) is 4.14. The summed E-state index contributed by atoms with van der Waals surface area (Å²) in [5, 5.41) is 5.02. The van der Waals surface area contributed by atoms with Gasteiger partial charge in [0, 0.05) is 24.4 Å². The molecule has 0 aromatic carbocycles. The van der Waals surface area contributed by atoms with E-state index in [-0.39, 0.29) is 5.91 Å². The van der Waals surface area contributed by atoms with Gasteiger partial charge >= 0.3 is 0 Å². The van der Waals surface area contributed by atoms with Crippen molar-refractivity contribution in [2.24, 2.45) is 0 Å². The number of rotatable bonds is 6. The Bertz CT molecular complexity index is 331. The van der Waals surface area contributed by atoms with E-state index in [1.807, 2.05) is 6.07 Å². The van der Waals surface area contributed by atoms with Crippen LogP contribution >= 0.6 is 11.3 Å². The van der Waals surface area contributed by atoms with Crippen molar-refractivity contribution in [1.29, 1.82) is 0 Å². The van der Waals surface area contributed by atoms with Crippen LogP contribution in [0.2, 0.25) is 0 Å². The largest absolute Gasteiger partial charge is 0.378 e. The van der Waals surface area contributed by atoms with E-state index in [1.165, 1.54) is 4.88 Å². The molecule has 4 heteroatoms. The summed E-state index contributed by atoms with van der Waals surface area (Å²) in [5.74, 6) is 0.150. The number of hydrogen-bond acceptors (Lipinski definition) is 3. The first-order valence-corrected chi connectivity index (χ1v) is 7.13. The average molecular weight is 253 g/mol. The molecule has 0 radical (unpaired) electrons. The highest BCUT2D eigenvalue weighted by molar-refractivity contribution is 7.09. The van der Waals surface area contributed by atoms with Crippen LogP contribution in [0.15, 0.2) is 17.5 Å². The first-order chi connectivity index (χ1) is 8.34. The van der Waals surface area contributed by atoms with Crippen LogP contribution in [0.25, 0.3) is 0 Å². The Balaban J connectivity index is 1.54. The van der Waals surface area contributed by atoms with Crippen LogP contribution in [0.5, 0.6) is 0 Å². The SMILES string of the molecule is O=C(CC[C@@H]1CCCO1)NCCc1cccs1. The van der Waals surface area contributed by atoms with E-state index in [0.717, 1.165) is 38.8 Å². The molecule has 0 unspecified atom stereocenters. The van der Waals surface area contributed by atoms with Gasteiger partial charge in [-0.2, -0.15) is 0 Å². The average Bonchev–Trinajstić information content (AvgIpc) is 2.99. The van der Waals surface area contributed by atoms with Gasteiger partial charge in [0.15, 0.2) is 0 Å². The van der Waals surface area contributed by atoms with Gasteiger partial charge in [-0.1, -0.05) is 6.07 Å². The highest BCUT2D eigenvalue weighted by Gasteiger charge is 2.16. The second-order valence-corrected chi connectivity index (χ2v) is 5.39. The number of hydrogen-bond donors (Lipinski definition) is 1. The van der Waals surface area contributed by atoms with Crippen LogP contribution < -0.4 is 5.32 Å². The molecule has 1 aromatic heterocycles. The van der Waals surface area contributed by atoms with Crippen LogP contribution in [-0.2, 0) is 16.0 Å². The molecule has 2 rings (SSSR count). The van der Waals surface area contributed by atoms with Crippen molar-refractivity contribution in [2.45, 2.75) is 38.2 Å². The zero-order valence-electron chi connectivity index (χ0n) is 9.98. The molecule has 1 atom stereocenters. The van der Waals surface area contributed by atoms with Crippen molar-refractivity contribution in [3.8, 4) is 0 Å². The maximum absolute atomic E-state index is 11.6.